The van der Waals surface area contributed by atoms with Gasteiger partial charge in [0.15, 0.2) is 8.32 Å². The maximum atomic E-state index is 6.18. The lowest BCUT2D eigenvalue weighted by Crippen LogP contribution is -2.41. The van der Waals surface area contributed by atoms with Crippen molar-refractivity contribution in [2.45, 2.75) is 59.7 Å². The van der Waals surface area contributed by atoms with E-state index in [0.29, 0.717) is 5.92 Å². The molecule has 0 saturated carbocycles. The Morgan fingerprint density at radius 2 is 1.88 bits per heavy atom. The second-order valence-electron chi connectivity index (χ2n) is 6.27. The van der Waals surface area contributed by atoms with E-state index in [1.54, 1.807) is 0 Å². The summed E-state index contributed by atoms with van der Waals surface area (Å²) in [5.41, 5.74) is 1.14. The lowest BCUT2D eigenvalue weighted by Gasteiger charge is -2.36. The first-order valence-corrected chi connectivity index (χ1v) is 9.26. The van der Waals surface area contributed by atoms with Gasteiger partial charge in [-0.3, -0.25) is 0 Å². The molecular weight excluding hydrogens is 224 g/mol. The molecule has 0 radical (unpaired) electrons. The van der Waals surface area contributed by atoms with E-state index in [0.717, 1.165) is 12.2 Å². The van der Waals surface area contributed by atoms with Gasteiger partial charge in [-0.2, -0.15) is 0 Å². The molecule has 0 aliphatic rings. The van der Waals surface area contributed by atoms with Crippen molar-refractivity contribution in [2.24, 2.45) is 5.92 Å². The van der Waals surface area contributed by atoms with Gasteiger partial charge in [0.25, 0.3) is 0 Å². The van der Waals surface area contributed by atoms with Crippen LogP contribution >= 0.6 is 0 Å². The topological polar surface area (TPSA) is 9.23 Å². The molecule has 0 aromatic rings. The Labute approximate surface area is 109 Å². The first-order valence-electron chi connectivity index (χ1n) is 6.35. The number of hydrogen-bond donors (Lipinski definition) is 0. The standard InChI is InChI=1S/C15H28OSi/c1-9-10-13(2)11-14(3)12-16-17(7,8)15(4,5)6/h11,14H,12H2,1-8H3/b13-11+/t14-/m1/s1. The minimum absolute atomic E-state index is 0.286. The summed E-state index contributed by atoms with van der Waals surface area (Å²) in [6, 6.07) is 0. The zero-order valence-electron chi connectivity index (χ0n) is 12.8. The Balaban J connectivity index is 4.38. The zero-order valence-corrected chi connectivity index (χ0v) is 13.8. The van der Waals surface area contributed by atoms with Gasteiger partial charge in [-0.05, 0) is 43.5 Å². The molecule has 0 saturated heterocycles. The molecule has 0 rings (SSSR count). The van der Waals surface area contributed by atoms with Gasteiger partial charge in [0, 0.05) is 6.61 Å². The minimum atomic E-state index is -1.60. The van der Waals surface area contributed by atoms with E-state index in [2.05, 4.69) is 65.6 Å². The van der Waals surface area contributed by atoms with E-state index >= 15 is 0 Å². The molecule has 0 aromatic heterocycles. The molecule has 1 nitrogen and oxygen atoms in total. The Morgan fingerprint density at radius 3 is 2.29 bits per heavy atom. The van der Waals surface area contributed by atoms with Crippen molar-refractivity contribution in [1.82, 2.24) is 0 Å². The molecule has 2 heteroatoms. The highest BCUT2D eigenvalue weighted by molar-refractivity contribution is 6.74. The van der Waals surface area contributed by atoms with Gasteiger partial charge >= 0.3 is 0 Å². The fourth-order valence-corrected chi connectivity index (χ4v) is 2.38. The average Bonchev–Trinajstić information content (AvgIpc) is 2.13. The van der Waals surface area contributed by atoms with Crippen molar-refractivity contribution in [3.05, 3.63) is 11.6 Å². The molecule has 98 valence electrons. The second kappa shape index (κ2) is 6.42. The molecular formula is C15H28OSi. The summed E-state index contributed by atoms with van der Waals surface area (Å²) in [5, 5.41) is 0.286. The van der Waals surface area contributed by atoms with E-state index in [9.17, 15) is 0 Å². The van der Waals surface area contributed by atoms with Crippen LogP contribution in [-0.4, -0.2) is 14.9 Å². The van der Waals surface area contributed by atoms with E-state index in [-0.39, 0.29) is 5.04 Å². The van der Waals surface area contributed by atoms with Crippen LogP contribution in [0.15, 0.2) is 11.6 Å². The first kappa shape index (κ1) is 16.5. The molecule has 0 bridgehead atoms. The summed E-state index contributed by atoms with van der Waals surface area (Å²) >= 11 is 0. The third-order valence-corrected chi connectivity index (χ3v) is 7.87. The lowest BCUT2D eigenvalue weighted by atomic mass is 10.1. The zero-order chi connectivity index (χ0) is 13.7. The smallest absolute Gasteiger partial charge is 0.192 e. The normalized spacial score (nSPS) is 15.2. The predicted molar refractivity (Wildman–Crippen MR) is 79.5 cm³/mol. The van der Waals surface area contributed by atoms with Crippen LogP contribution in [0.4, 0.5) is 0 Å². The van der Waals surface area contributed by atoms with Gasteiger partial charge in [-0.1, -0.05) is 39.7 Å². The quantitative estimate of drug-likeness (QED) is 0.524. The lowest BCUT2D eigenvalue weighted by molar-refractivity contribution is 0.259. The van der Waals surface area contributed by atoms with Crippen LogP contribution in [0.25, 0.3) is 0 Å². The monoisotopic (exact) mass is 252 g/mol. The van der Waals surface area contributed by atoms with Crippen LogP contribution in [0, 0.1) is 17.8 Å². The summed E-state index contributed by atoms with van der Waals surface area (Å²) in [6.07, 6.45) is 2.20. The van der Waals surface area contributed by atoms with E-state index in [4.69, 9.17) is 4.43 Å². The SMILES string of the molecule is CC#C/C(C)=C/[C@@H](C)CO[Si](C)(C)C(C)(C)C. The van der Waals surface area contributed by atoms with Crippen LogP contribution < -0.4 is 0 Å². The fraction of sp³-hybridized carbons (Fsp3) is 0.733. The van der Waals surface area contributed by atoms with Gasteiger partial charge in [0.05, 0.1) is 0 Å². The van der Waals surface area contributed by atoms with Gasteiger partial charge < -0.3 is 4.43 Å². The summed E-state index contributed by atoms with van der Waals surface area (Å²) in [5.74, 6) is 6.42. The van der Waals surface area contributed by atoms with Crippen LogP contribution in [0.3, 0.4) is 0 Å². The fourth-order valence-electron chi connectivity index (χ4n) is 1.27. The molecule has 1 atom stereocenters. The highest BCUT2D eigenvalue weighted by atomic mass is 28.4. The Kier molecular flexibility index (Phi) is 6.22. The molecule has 0 aliphatic heterocycles. The summed E-state index contributed by atoms with van der Waals surface area (Å²) in [6.45, 7) is 18.3. The molecule has 0 amide bonds. The van der Waals surface area contributed by atoms with Crippen LogP contribution in [0.1, 0.15) is 41.5 Å². The molecule has 0 fully saturated rings. The van der Waals surface area contributed by atoms with Crippen LogP contribution in [0.5, 0.6) is 0 Å². The molecule has 0 aromatic carbocycles. The van der Waals surface area contributed by atoms with Crippen molar-refractivity contribution in [3.63, 3.8) is 0 Å². The van der Waals surface area contributed by atoms with Gasteiger partial charge in [0.1, 0.15) is 0 Å². The molecule has 0 unspecified atom stereocenters. The predicted octanol–water partition coefficient (Wildman–Crippen LogP) is 4.61. The third-order valence-electron chi connectivity index (χ3n) is 3.37. The van der Waals surface area contributed by atoms with Gasteiger partial charge in [-0.25, -0.2) is 0 Å². The maximum Gasteiger partial charge on any atom is 0.192 e. The average molecular weight is 252 g/mol. The van der Waals surface area contributed by atoms with Crippen molar-refractivity contribution in [1.29, 1.82) is 0 Å². The summed E-state index contributed by atoms with van der Waals surface area (Å²) < 4.78 is 6.18. The molecule has 0 N–H and O–H groups in total. The summed E-state index contributed by atoms with van der Waals surface area (Å²) in [7, 11) is -1.60. The van der Waals surface area contributed by atoms with E-state index in [1.165, 1.54) is 0 Å². The number of rotatable bonds is 4. The summed E-state index contributed by atoms with van der Waals surface area (Å²) in [4.78, 5) is 0. The van der Waals surface area contributed by atoms with Crippen molar-refractivity contribution in [3.8, 4) is 11.8 Å². The van der Waals surface area contributed by atoms with Gasteiger partial charge in [-0.15, -0.1) is 5.92 Å². The number of hydrogen-bond acceptors (Lipinski definition) is 1. The third kappa shape index (κ3) is 6.09. The van der Waals surface area contributed by atoms with Crippen molar-refractivity contribution in [2.75, 3.05) is 6.61 Å². The number of allylic oxidation sites excluding steroid dienone is 1. The molecule has 0 aliphatic carbocycles. The van der Waals surface area contributed by atoms with Crippen LogP contribution in [0.2, 0.25) is 18.1 Å². The largest absolute Gasteiger partial charge is 0.416 e. The molecule has 0 heterocycles. The van der Waals surface area contributed by atoms with E-state index in [1.807, 2.05) is 6.92 Å². The van der Waals surface area contributed by atoms with E-state index < -0.39 is 8.32 Å². The van der Waals surface area contributed by atoms with Gasteiger partial charge in [0.2, 0.25) is 0 Å². The first-order chi connectivity index (χ1) is 7.60. The van der Waals surface area contributed by atoms with Crippen molar-refractivity contribution < 1.29 is 4.43 Å². The molecule has 17 heavy (non-hydrogen) atoms. The highest BCUT2D eigenvalue weighted by Gasteiger charge is 2.37. The second-order valence-corrected chi connectivity index (χ2v) is 11.1. The molecule has 0 spiro atoms. The van der Waals surface area contributed by atoms with Crippen LogP contribution in [-0.2, 0) is 4.43 Å². The Morgan fingerprint density at radius 1 is 1.35 bits per heavy atom. The highest BCUT2D eigenvalue weighted by Crippen LogP contribution is 2.36. The maximum absolute atomic E-state index is 6.18. The minimum Gasteiger partial charge on any atom is -0.416 e. The Hall–Kier alpha value is -0.523. The van der Waals surface area contributed by atoms with Crippen molar-refractivity contribution >= 4 is 8.32 Å². The Bertz CT molecular complexity index is 323.